The van der Waals surface area contributed by atoms with Gasteiger partial charge in [0.2, 0.25) is 5.91 Å². The number of para-hydroxylation sites is 1. The molecule has 0 radical (unpaired) electrons. The van der Waals surface area contributed by atoms with E-state index < -0.39 is 11.9 Å². The van der Waals surface area contributed by atoms with E-state index in [4.69, 9.17) is 4.74 Å². The first-order chi connectivity index (χ1) is 10.1. The summed E-state index contributed by atoms with van der Waals surface area (Å²) >= 11 is 0. The number of likely N-dealkylation sites (N-methyl/N-ethyl adjacent to an activating group) is 1. The molecule has 0 aromatic heterocycles. The molecule has 0 aliphatic carbocycles. The Labute approximate surface area is 124 Å². The fourth-order valence-corrected chi connectivity index (χ4v) is 1.84. The average molecular weight is 298 g/mol. The van der Waals surface area contributed by atoms with Crippen molar-refractivity contribution in [2.75, 3.05) is 32.8 Å². The Hall–Kier alpha value is -1.66. The summed E-state index contributed by atoms with van der Waals surface area (Å²) in [5.74, 6) is -0.368. The molecular weight excluding hydrogens is 275 g/mol. The Kier molecular flexibility index (Phi) is 7.71. The highest BCUT2D eigenvalue weighted by Gasteiger charge is 2.11. The Morgan fingerprint density at radius 3 is 2.67 bits per heavy atom. The molecule has 0 aliphatic rings. The van der Waals surface area contributed by atoms with Gasteiger partial charge in [0, 0.05) is 19.6 Å². The van der Waals surface area contributed by atoms with Gasteiger partial charge in [-0.25, -0.2) is 4.39 Å². The zero-order valence-electron chi connectivity index (χ0n) is 12.5. The number of carbonyl (C=O) groups is 1. The second kappa shape index (κ2) is 9.31. The first-order valence-corrected chi connectivity index (χ1v) is 7.12. The molecule has 0 saturated heterocycles. The summed E-state index contributed by atoms with van der Waals surface area (Å²) in [6, 6.07) is 6.02. The molecule has 1 aromatic carbocycles. The SMILES string of the molecule is CCN(CC)C(=O)CNCC(O)COc1ccccc1F. The predicted octanol–water partition coefficient (Wildman–Crippen LogP) is 1.02. The molecule has 5 nitrogen and oxygen atoms in total. The minimum atomic E-state index is -0.811. The molecule has 2 N–H and O–H groups in total. The van der Waals surface area contributed by atoms with Crippen LogP contribution in [0, 0.1) is 5.82 Å². The summed E-state index contributed by atoms with van der Waals surface area (Å²) < 4.78 is 18.5. The third-order valence-electron chi connectivity index (χ3n) is 3.04. The van der Waals surface area contributed by atoms with Gasteiger partial charge in [-0.05, 0) is 26.0 Å². The number of hydrogen-bond donors (Lipinski definition) is 2. The van der Waals surface area contributed by atoms with Crippen molar-refractivity contribution < 1.29 is 19.0 Å². The van der Waals surface area contributed by atoms with Gasteiger partial charge in [-0.1, -0.05) is 12.1 Å². The van der Waals surface area contributed by atoms with Gasteiger partial charge in [0.15, 0.2) is 11.6 Å². The number of halogens is 1. The van der Waals surface area contributed by atoms with Crippen LogP contribution in [0.1, 0.15) is 13.8 Å². The van der Waals surface area contributed by atoms with Crippen molar-refractivity contribution in [1.82, 2.24) is 10.2 Å². The molecule has 1 rings (SSSR count). The lowest BCUT2D eigenvalue weighted by molar-refractivity contribution is -0.129. The van der Waals surface area contributed by atoms with Crippen LogP contribution in [0.2, 0.25) is 0 Å². The van der Waals surface area contributed by atoms with Gasteiger partial charge < -0.3 is 20.1 Å². The monoisotopic (exact) mass is 298 g/mol. The number of benzene rings is 1. The first-order valence-electron chi connectivity index (χ1n) is 7.12. The fraction of sp³-hybridized carbons (Fsp3) is 0.533. The molecule has 1 unspecified atom stereocenters. The van der Waals surface area contributed by atoms with Crippen LogP contribution in [0.15, 0.2) is 24.3 Å². The van der Waals surface area contributed by atoms with Crippen molar-refractivity contribution in [3.05, 3.63) is 30.1 Å². The third kappa shape index (κ3) is 6.10. The van der Waals surface area contributed by atoms with Gasteiger partial charge in [-0.15, -0.1) is 0 Å². The largest absolute Gasteiger partial charge is 0.488 e. The van der Waals surface area contributed by atoms with Crippen molar-refractivity contribution in [3.8, 4) is 5.75 Å². The summed E-state index contributed by atoms with van der Waals surface area (Å²) in [5.41, 5.74) is 0. The van der Waals surface area contributed by atoms with Gasteiger partial charge >= 0.3 is 0 Å². The van der Waals surface area contributed by atoms with E-state index >= 15 is 0 Å². The Morgan fingerprint density at radius 1 is 1.38 bits per heavy atom. The maximum absolute atomic E-state index is 13.3. The lowest BCUT2D eigenvalue weighted by Gasteiger charge is -2.19. The predicted molar refractivity (Wildman–Crippen MR) is 78.7 cm³/mol. The number of amides is 1. The molecular formula is C15H23FN2O3. The fourth-order valence-electron chi connectivity index (χ4n) is 1.84. The molecule has 0 spiro atoms. The first kappa shape index (κ1) is 17.4. The van der Waals surface area contributed by atoms with E-state index in [2.05, 4.69) is 5.32 Å². The molecule has 0 saturated carbocycles. The maximum Gasteiger partial charge on any atom is 0.236 e. The third-order valence-corrected chi connectivity index (χ3v) is 3.04. The highest BCUT2D eigenvalue weighted by molar-refractivity contribution is 5.78. The van der Waals surface area contributed by atoms with Crippen LogP contribution in [0.25, 0.3) is 0 Å². The number of hydrogen-bond acceptors (Lipinski definition) is 4. The second-order valence-corrected chi connectivity index (χ2v) is 4.59. The Bertz CT molecular complexity index is 439. The highest BCUT2D eigenvalue weighted by Crippen LogP contribution is 2.15. The van der Waals surface area contributed by atoms with E-state index in [0.29, 0.717) is 13.1 Å². The minimum absolute atomic E-state index is 0.0118. The molecule has 1 aromatic rings. The number of ether oxygens (including phenoxy) is 1. The van der Waals surface area contributed by atoms with Crippen LogP contribution in [0.5, 0.6) is 5.75 Å². The topological polar surface area (TPSA) is 61.8 Å². The van der Waals surface area contributed by atoms with Gasteiger partial charge in [0.05, 0.1) is 6.54 Å². The number of rotatable bonds is 9. The normalized spacial score (nSPS) is 12.0. The van der Waals surface area contributed by atoms with Gasteiger partial charge in [-0.2, -0.15) is 0 Å². The molecule has 1 amide bonds. The zero-order valence-corrected chi connectivity index (χ0v) is 12.5. The standard InChI is InChI=1S/C15H23FN2O3/c1-3-18(4-2)15(20)10-17-9-12(19)11-21-14-8-6-5-7-13(14)16/h5-8,12,17,19H,3-4,9-11H2,1-2H3. The highest BCUT2D eigenvalue weighted by atomic mass is 19.1. The van der Waals surface area contributed by atoms with Gasteiger partial charge in [0.25, 0.3) is 0 Å². The second-order valence-electron chi connectivity index (χ2n) is 4.59. The van der Waals surface area contributed by atoms with Crippen LogP contribution >= 0.6 is 0 Å². The van der Waals surface area contributed by atoms with Crippen molar-refractivity contribution in [1.29, 1.82) is 0 Å². The van der Waals surface area contributed by atoms with Gasteiger partial charge in [-0.3, -0.25) is 4.79 Å². The summed E-state index contributed by atoms with van der Waals surface area (Å²) in [6.07, 6.45) is -0.811. The molecule has 0 heterocycles. The number of aliphatic hydroxyl groups is 1. The average Bonchev–Trinajstić information content (AvgIpc) is 2.47. The number of nitrogens with one attached hydrogen (secondary N) is 1. The Balaban J connectivity index is 2.24. The number of aliphatic hydroxyl groups excluding tert-OH is 1. The van der Waals surface area contributed by atoms with Crippen LogP contribution in [-0.2, 0) is 4.79 Å². The summed E-state index contributed by atoms with van der Waals surface area (Å²) in [7, 11) is 0. The molecule has 0 fully saturated rings. The molecule has 0 aliphatic heterocycles. The van der Waals surface area contributed by atoms with Crippen molar-refractivity contribution in [3.63, 3.8) is 0 Å². The maximum atomic E-state index is 13.3. The molecule has 6 heteroatoms. The summed E-state index contributed by atoms with van der Waals surface area (Å²) in [5, 5.41) is 12.6. The summed E-state index contributed by atoms with van der Waals surface area (Å²) in [4.78, 5) is 13.4. The van der Waals surface area contributed by atoms with E-state index in [-0.39, 0.29) is 31.4 Å². The van der Waals surface area contributed by atoms with E-state index in [1.54, 1.807) is 17.0 Å². The quantitative estimate of drug-likeness (QED) is 0.715. The van der Waals surface area contributed by atoms with Crippen molar-refractivity contribution in [2.24, 2.45) is 0 Å². The molecule has 118 valence electrons. The Morgan fingerprint density at radius 2 is 2.05 bits per heavy atom. The lowest BCUT2D eigenvalue weighted by atomic mass is 10.3. The van der Waals surface area contributed by atoms with E-state index in [9.17, 15) is 14.3 Å². The molecule has 21 heavy (non-hydrogen) atoms. The van der Waals surface area contributed by atoms with Crippen LogP contribution < -0.4 is 10.1 Å². The lowest BCUT2D eigenvalue weighted by Crippen LogP contribution is -2.41. The molecule has 0 bridgehead atoms. The molecule has 1 atom stereocenters. The zero-order chi connectivity index (χ0) is 15.7. The van der Waals surface area contributed by atoms with Crippen LogP contribution in [0.3, 0.4) is 0 Å². The van der Waals surface area contributed by atoms with Crippen LogP contribution in [-0.4, -0.2) is 54.8 Å². The van der Waals surface area contributed by atoms with Crippen molar-refractivity contribution in [2.45, 2.75) is 20.0 Å². The van der Waals surface area contributed by atoms with E-state index in [0.717, 1.165) is 0 Å². The summed E-state index contributed by atoms with van der Waals surface area (Å²) in [6.45, 7) is 5.50. The van der Waals surface area contributed by atoms with Gasteiger partial charge in [0.1, 0.15) is 12.7 Å². The number of carbonyl (C=O) groups excluding carboxylic acids is 1. The number of nitrogens with zero attached hydrogens (tertiary/aromatic N) is 1. The van der Waals surface area contributed by atoms with E-state index in [1.807, 2.05) is 13.8 Å². The smallest absolute Gasteiger partial charge is 0.236 e. The minimum Gasteiger partial charge on any atom is -0.488 e. The van der Waals surface area contributed by atoms with Crippen LogP contribution in [0.4, 0.5) is 4.39 Å². The van der Waals surface area contributed by atoms with E-state index in [1.165, 1.54) is 12.1 Å². The van der Waals surface area contributed by atoms with Crippen molar-refractivity contribution >= 4 is 5.91 Å².